The zero-order chi connectivity index (χ0) is 19.3. The van der Waals surface area contributed by atoms with Gasteiger partial charge >= 0.3 is 5.97 Å². The van der Waals surface area contributed by atoms with E-state index in [2.05, 4.69) is 5.10 Å². The van der Waals surface area contributed by atoms with Gasteiger partial charge in [0.2, 0.25) is 10.0 Å². The Morgan fingerprint density at radius 3 is 2.38 bits per heavy atom. The van der Waals surface area contributed by atoms with Crippen LogP contribution in [0, 0.1) is 13.8 Å². The van der Waals surface area contributed by atoms with E-state index >= 15 is 0 Å². The van der Waals surface area contributed by atoms with Gasteiger partial charge in [-0.15, -0.1) is 0 Å². The highest BCUT2D eigenvalue weighted by Crippen LogP contribution is 2.15. The van der Waals surface area contributed by atoms with Crippen molar-refractivity contribution in [3.05, 3.63) is 41.2 Å². The monoisotopic (exact) mass is 381 g/mol. The van der Waals surface area contributed by atoms with Crippen molar-refractivity contribution in [3.8, 4) is 5.75 Å². The molecule has 0 aliphatic rings. The van der Waals surface area contributed by atoms with Crippen LogP contribution in [-0.2, 0) is 33.0 Å². The summed E-state index contributed by atoms with van der Waals surface area (Å²) < 4.78 is 34.7. The number of hydrogen-bond acceptors (Lipinski definition) is 6. The Morgan fingerprint density at radius 1 is 1.19 bits per heavy atom. The van der Waals surface area contributed by atoms with Crippen molar-refractivity contribution in [2.24, 2.45) is 12.2 Å². The molecule has 0 fully saturated rings. The van der Waals surface area contributed by atoms with Crippen LogP contribution in [0.2, 0.25) is 0 Å². The third kappa shape index (κ3) is 5.30. The van der Waals surface area contributed by atoms with Gasteiger partial charge in [-0.05, 0) is 50.1 Å². The number of rotatable bonds is 8. The summed E-state index contributed by atoms with van der Waals surface area (Å²) in [5, 5.41) is 9.34. The molecule has 0 spiro atoms. The lowest BCUT2D eigenvalue weighted by Crippen LogP contribution is -2.13. The van der Waals surface area contributed by atoms with Crippen molar-refractivity contribution in [2.75, 3.05) is 13.2 Å². The zero-order valence-corrected chi connectivity index (χ0v) is 15.9. The van der Waals surface area contributed by atoms with Crippen LogP contribution >= 0.6 is 0 Å². The molecule has 0 unspecified atom stereocenters. The van der Waals surface area contributed by atoms with Crippen molar-refractivity contribution in [2.45, 2.75) is 31.6 Å². The first-order valence-corrected chi connectivity index (χ1v) is 9.63. The number of ether oxygens (including phenoxy) is 2. The molecule has 1 aromatic heterocycles. The molecule has 26 heavy (non-hydrogen) atoms. The SMILES string of the molecule is Cc1nn(C)c(C)c1CCC(=O)OCCOc1ccc(S(N)(=O)=O)cc1. The summed E-state index contributed by atoms with van der Waals surface area (Å²) in [5.41, 5.74) is 3.03. The van der Waals surface area contributed by atoms with Gasteiger partial charge in [0, 0.05) is 19.2 Å². The molecule has 0 aliphatic carbocycles. The van der Waals surface area contributed by atoms with Crippen molar-refractivity contribution >= 4 is 16.0 Å². The number of aromatic nitrogens is 2. The van der Waals surface area contributed by atoms with Crippen LogP contribution < -0.4 is 9.88 Å². The Morgan fingerprint density at radius 2 is 1.85 bits per heavy atom. The molecule has 0 bridgehead atoms. The molecule has 0 saturated heterocycles. The predicted octanol–water partition coefficient (Wildman–Crippen LogP) is 1.24. The van der Waals surface area contributed by atoms with Gasteiger partial charge < -0.3 is 9.47 Å². The minimum absolute atomic E-state index is 0.0114. The maximum atomic E-state index is 11.8. The fourth-order valence-corrected chi connectivity index (χ4v) is 3.03. The van der Waals surface area contributed by atoms with E-state index in [1.165, 1.54) is 24.3 Å². The standard InChI is InChI=1S/C17H23N3O5S/c1-12-16(13(2)20(3)19-12)8-9-17(21)25-11-10-24-14-4-6-15(7-5-14)26(18,22)23/h4-7H,8-11H2,1-3H3,(H2,18,22,23). The molecule has 2 rings (SSSR count). The maximum absolute atomic E-state index is 11.8. The van der Waals surface area contributed by atoms with E-state index in [1.807, 2.05) is 20.9 Å². The van der Waals surface area contributed by atoms with Gasteiger partial charge in [-0.1, -0.05) is 0 Å². The van der Waals surface area contributed by atoms with E-state index in [4.69, 9.17) is 14.6 Å². The molecule has 0 atom stereocenters. The summed E-state index contributed by atoms with van der Waals surface area (Å²) in [6.07, 6.45) is 0.858. The highest BCUT2D eigenvalue weighted by molar-refractivity contribution is 7.89. The van der Waals surface area contributed by atoms with Crippen LogP contribution in [0.1, 0.15) is 23.4 Å². The van der Waals surface area contributed by atoms with Gasteiger partial charge in [0.05, 0.1) is 10.6 Å². The quantitative estimate of drug-likeness (QED) is 0.544. The second-order valence-electron chi connectivity index (χ2n) is 5.86. The third-order valence-corrected chi connectivity index (χ3v) is 4.93. The molecule has 8 nitrogen and oxygen atoms in total. The predicted molar refractivity (Wildman–Crippen MR) is 95.3 cm³/mol. The fraction of sp³-hybridized carbons (Fsp3) is 0.412. The lowest BCUT2D eigenvalue weighted by Gasteiger charge is -2.08. The minimum Gasteiger partial charge on any atom is -0.490 e. The fourth-order valence-electron chi connectivity index (χ4n) is 2.52. The van der Waals surface area contributed by atoms with Crippen LogP contribution in [0.5, 0.6) is 5.75 Å². The van der Waals surface area contributed by atoms with E-state index in [0.29, 0.717) is 12.2 Å². The Kier molecular flexibility index (Phi) is 6.38. The molecule has 0 saturated carbocycles. The van der Waals surface area contributed by atoms with E-state index in [0.717, 1.165) is 17.0 Å². The number of esters is 1. The Bertz CT molecular complexity index is 873. The number of hydrogen-bond donors (Lipinski definition) is 1. The summed E-state index contributed by atoms with van der Waals surface area (Å²) in [4.78, 5) is 11.8. The van der Waals surface area contributed by atoms with E-state index < -0.39 is 10.0 Å². The highest BCUT2D eigenvalue weighted by Gasteiger charge is 2.12. The molecule has 0 amide bonds. The van der Waals surface area contributed by atoms with Crippen LogP contribution in [0.15, 0.2) is 29.2 Å². The number of benzene rings is 1. The normalized spacial score (nSPS) is 11.4. The van der Waals surface area contributed by atoms with Crippen LogP contribution in [0.25, 0.3) is 0 Å². The van der Waals surface area contributed by atoms with Crippen molar-refractivity contribution in [1.29, 1.82) is 0 Å². The molecule has 1 heterocycles. The summed E-state index contributed by atoms with van der Waals surface area (Å²) in [6, 6.07) is 5.70. The largest absolute Gasteiger partial charge is 0.490 e. The Labute approximate surface area is 153 Å². The number of nitrogens with two attached hydrogens (primary N) is 1. The zero-order valence-electron chi connectivity index (χ0n) is 15.1. The molecule has 0 aliphatic heterocycles. The highest BCUT2D eigenvalue weighted by atomic mass is 32.2. The van der Waals surface area contributed by atoms with Crippen molar-refractivity contribution < 1.29 is 22.7 Å². The van der Waals surface area contributed by atoms with Gasteiger partial charge in [0.25, 0.3) is 0 Å². The topological polar surface area (TPSA) is 114 Å². The summed E-state index contributed by atoms with van der Waals surface area (Å²) in [7, 11) is -1.85. The number of sulfonamides is 1. The number of nitrogens with zero attached hydrogens (tertiary/aromatic N) is 2. The smallest absolute Gasteiger partial charge is 0.306 e. The third-order valence-electron chi connectivity index (χ3n) is 4.01. The van der Waals surface area contributed by atoms with Gasteiger partial charge in [0.1, 0.15) is 19.0 Å². The van der Waals surface area contributed by atoms with Crippen LogP contribution in [0.4, 0.5) is 0 Å². The van der Waals surface area contributed by atoms with Gasteiger partial charge in [-0.2, -0.15) is 5.10 Å². The van der Waals surface area contributed by atoms with Gasteiger partial charge in [-0.25, -0.2) is 13.6 Å². The number of carbonyl (C=O) groups excluding carboxylic acids is 1. The van der Waals surface area contributed by atoms with Crippen LogP contribution in [-0.4, -0.2) is 37.4 Å². The first-order chi connectivity index (χ1) is 12.2. The molecular weight excluding hydrogens is 358 g/mol. The maximum Gasteiger partial charge on any atom is 0.306 e. The average Bonchev–Trinajstić information content (AvgIpc) is 2.82. The molecular formula is C17H23N3O5S. The van der Waals surface area contributed by atoms with Gasteiger partial charge in [0.15, 0.2) is 0 Å². The van der Waals surface area contributed by atoms with Gasteiger partial charge in [-0.3, -0.25) is 9.48 Å². The lowest BCUT2D eigenvalue weighted by atomic mass is 10.1. The first kappa shape index (κ1) is 19.9. The first-order valence-electron chi connectivity index (χ1n) is 8.09. The summed E-state index contributed by atoms with van der Waals surface area (Å²) in [5.74, 6) is 0.163. The van der Waals surface area contributed by atoms with Crippen LogP contribution in [0.3, 0.4) is 0 Å². The number of primary sulfonamides is 1. The Hall–Kier alpha value is -2.39. The Balaban J connectivity index is 1.72. The van der Waals surface area contributed by atoms with E-state index in [-0.39, 0.29) is 30.5 Å². The van der Waals surface area contributed by atoms with E-state index in [9.17, 15) is 13.2 Å². The summed E-state index contributed by atoms with van der Waals surface area (Å²) >= 11 is 0. The molecule has 1 aromatic carbocycles. The molecule has 2 N–H and O–H groups in total. The molecule has 0 radical (unpaired) electrons. The lowest BCUT2D eigenvalue weighted by molar-refractivity contribution is -0.144. The van der Waals surface area contributed by atoms with Crippen molar-refractivity contribution in [3.63, 3.8) is 0 Å². The molecule has 2 aromatic rings. The minimum atomic E-state index is -3.72. The second kappa shape index (κ2) is 8.33. The second-order valence-corrected chi connectivity index (χ2v) is 7.42. The average molecular weight is 381 g/mol. The number of carbonyl (C=O) groups is 1. The summed E-state index contributed by atoms with van der Waals surface area (Å²) in [6.45, 7) is 4.17. The molecule has 9 heteroatoms. The molecule has 142 valence electrons. The van der Waals surface area contributed by atoms with E-state index in [1.54, 1.807) is 4.68 Å². The number of aryl methyl sites for hydroxylation is 2. The van der Waals surface area contributed by atoms with Crippen molar-refractivity contribution in [1.82, 2.24) is 9.78 Å².